The van der Waals surface area contributed by atoms with Gasteiger partial charge in [0, 0.05) is 25.5 Å². The minimum atomic E-state index is -4.76. The lowest BCUT2D eigenvalue weighted by Gasteiger charge is -2.25. The van der Waals surface area contributed by atoms with Gasteiger partial charge in [-0.2, -0.15) is 23.0 Å². The number of hydrogen-bond acceptors (Lipinski definition) is 6. The molecule has 1 N–H and O–H groups in total. The maximum Gasteiger partial charge on any atom is 0.435 e. The second-order valence-electron chi connectivity index (χ2n) is 6.05. The predicted molar refractivity (Wildman–Crippen MR) is 88.9 cm³/mol. The average molecular weight is 392 g/mol. The molecule has 2 aromatic rings. The Kier molecular flexibility index (Phi) is 5.34. The van der Waals surface area contributed by atoms with E-state index in [9.17, 15) is 26.7 Å². The van der Waals surface area contributed by atoms with Gasteiger partial charge in [0.1, 0.15) is 5.82 Å². The first-order valence-electron chi connectivity index (χ1n) is 7.57. The van der Waals surface area contributed by atoms with Crippen molar-refractivity contribution >= 4 is 15.7 Å². The molecule has 0 aliphatic heterocycles. The van der Waals surface area contributed by atoms with Crippen LogP contribution in [-0.2, 0) is 22.6 Å². The molecule has 2 heterocycles. The van der Waals surface area contributed by atoms with Gasteiger partial charge in [-0.15, -0.1) is 0 Å². The summed E-state index contributed by atoms with van der Waals surface area (Å²) in [5.74, 6) is 0.0412. The number of aromatic nitrogens is 3. The number of aliphatic hydroxyl groups excluding tert-OH is 1. The van der Waals surface area contributed by atoms with Crippen LogP contribution >= 0.6 is 0 Å². The Morgan fingerprint density at radius 2 is 1.92 bits per heavy atom. The van der Waals surface area contributed by atoms with Crippen LogP contribution in [0.4, 0.5) is 19.0 Å². The van der Waals surface area contributed by atoms with Crippen molar-refractivity contribution in [2.24, 2.45) is 0 Å². The third-order valence-electron chi connectivity index (χ3n) is 3.86. The van der Waals surface area contributed by atoms with E-state index < -0.39 is 28.3 Å². The molecule has 0 radical (unpaired) electrons. The number of sulfone groups is 1. The summed E-state index contributed by atoms with van der Waals surface area (Å²) in [7, 11) is -1.92. The molecular weight excluding hydrogens is 373 g/mol. The van der Waals surface area contributed by atoms with Gasteiger partial charge in [0.15, 0.2) is 21.3 Å². The zero-order chi connectivity index (χ0) is 19.9. The molecule has 0 spiro atoms. The van der Waals surface area contributed by atoms with Gasteiger partial charge >= 0.3 is 6.18 Å². The van der Waals surface area contributed by atoms with Crippen LogP contribution in [0.5, 0.6) is 0 Å². The number of halogens is 3. The Labute approximate surface area is 149 Å². The molecule has 0 aromatic carbocycles. The molecule has 144 valence electrons. The maximum atomic E-state index is 13.3. The smallest absolute Gasteiger partial charge is 0.391 e. The largest absolute Gasteiger partial charge is 0.435 e. The number of pyridine rings is 1. The molecule has 0 aliphatic carbocycles. The Bertz CT molecular complexity index is 890. The Morgan fingerprint density at radius 1 is 1.31 bits per heavy atom. The van der Waals surface area contributed by atoms with Gasteiger partial charge in [-0.05, 0) is 26.0 Å². The highest BCUT2D eigenvalue weighted by molar-refractivity contribution is 7.90. The van der Waals surface area contributed by atoms with Crippen LogP contribution in [-0.4, -0.2) is 47.6 Å². The topological polar surface area (TPSA) is 88.3 Å². The van der Waals surface area contributed by atoms with E-state index in [1.807, 2.05) is 0 Å². The Hall–Kier alpha value is -2.14. The fraction of sp³-hybridized carbons (Fsp3) is 0.467. The van der Waals surface area contributed by atoms with Crippen molar-refractivity contribution in [2.45, 2.75) is 37.6 Å². The van der Waals surface area contributed by atoms with Crippen LogP contribution in [0.3, 0.4) is 0 Å². The minimum Gasteiger partial charge on any atom is -0.391 e. The van der Waals surface area contributed by atoms with E-state index in [-0.39, 0.29) is 28.1 Å². The summed E-state index contributed by atoms with van der Waals surface area (Å²) in [5, 5.41) is 13.1. The van der Waals surface area contributed by atoms with Crippen LogP contribution in [0.15, 0.2) is 23.2 Å². The lowest BCUT2D eigenvalue weighted by molar-refractivity contribution is -0.142. The van der Waals surface area contributed by atoms with Gasteiger partial charge in [0.05, 0.1) is 17.1 Å². The first-order valence-corrected chi connectivity index (χ1v) is 9.46. The Morgan fingerprint density at radius 3 is 2.31 bits per heavy atom. The number of alkyl halides is 3. The second-order valence-corrected chi connectivity index (χ2v) is 8.06. The van der Waals surface area contributed by atoms with E-state index >= 15 is 0 Å². The summed E-state index contributed by atoms with van der Waals surface area (Å²) >= 11 is 0. The lowest BCUT2D eigenvalue weighted by Crippen LogP contribution is -2.29. The zero-order valence-electron chi connectivity index (χ0n) is 14.6. The van der Waals surface area contributed by atoms with Crippen LogP contribution in [0.25, 0.3) is 5.82 Å². The van der Waals surface area contributed by atoms with Crippen molar-refractivity contribution in [2.75, 3.05) is 18.2 Å². The van der Waals surface area contributed by atoms with E-state index in [1.54, 1.807) is 20.9 Å². The molecule has 0 unspecified atom stereocenters. The number of anilines is 1. The molecule has 0 aliphatic rings. The van der Waals surface area contributed by atoms with E-state index in [0.29, 0.717) is 0 Å². The van der Waals surface area contributed by atoms with E-state index in [4.69, 9.17) is 0 Å². The summed E-state index contributed by atoms with van der Waals surface area (Å²) < 4.78 is 64.0. The van der Waals surface area contributed by atoms with Crippen molar-refractivity contribution in [1.82, 2.24) is 14.8 Å². The van der Waals surface area contributed by atoms with Gasteiger partial charge in [-0.3, -0.25) is 0 Å². The van der Waals surface area contributed by atoms with Crippen molar-refractivity contribution in [3.63, 3.8) is 0 Å². The van der Waals surface area contributed by atoms with Gasteiger partial charge in [0.2, 0.25) is 0 Å². The summed E-state index contributed by atoms with van der Waals surface area (Å²) in [4.78, 5) is 5.40. The highest BCUT2D eigenvalue weighted by atomic mass is 32.2. The van der Waals surface area contributed by atoms with Crippen molar-refractivity contribution in [3.05, 3.63) is 29.6 Å². The third kappa shape index (κ3) is 3.83. The summed E-state index contributed by atoms with van der Waals surface area (Å²) in [5.41, 5.74) is -1.58. The van der Waals surface area contributed by atoms with Crippen LogP contribution in [0.1, 0.15) is 25.1 Å². The zero-order valence-corrected chi connectivity index (χ0v) is 15.4. The molecule has 0 bridgehead atoms. The number of aliphatic hydroxyl groups is 1. The summed E-state index contributed by atoms with van der Waals surface area (Å²) in [6.07, 6.45) is -2.71. The number of hydrogen-bond donors (Lipinski definition) is 1. The SMILES string of the molecule is CC(C)N(C)c1c(CO)c(C(F)(F)F)nn1-c1ccc(S(C)(=O)=O)cn1. The molecule has 26 heavy (non-hydrogen) atoms. The fourth-order valence-electron chi connectivity index (χ4n) is 2.30. The molecule has 2 aromatic heterocycles. The molecule has 0 atom stereocenters. The Balaban J connectivity index is 2.73. The summed E-state index contributed by atoms with van der Waals surface area (Å²) in [6.45, 7) is 2.68. The van der Waals surface area contributed by atoms with E-state index in [1.165, 1.54) is 17.0 Å². The highest BCUT2D eigenvalue weighted by Crippen LogP contribution is 2.37. The van der Waals surface area contributed by atoms with Gasteiger partial charge in [-0.25, -0.2) is 13.4 Å². The quantitative estimate of drug-likeness (QED) is 0.838. The second kappa shape index (κ2) is 6.88. The molecule has 11 heteroatoms. The standard InChI is InChI=1S/C15H19F3N4O3S/c1-9(2)21(3)14-11(8-23)13(15(16,17)18)20-22(14)12-6-5-10(7-19-12)26(4,24)25/h5-7,9,23H,8H2,1-4H3. The molecule has 0 amide bonds. The van der Waals surface area contributed by atoms with Crippen LogP contribution in [0.2, 0.25) is 0 Å². The molecule has 0 saturated heterocycles. The number of nitrogens with zero attached hydrogens (tertiary/aromatic N) is 4. The summed E-state index contributed by atoms with van der Waals surface area (Å²) in [6, 6.07) is 2.32. The first kappa shape index (κ1) is 20.2. The van der Waals surface area contributed by atoms with Crippen molar-refractivity contribution < 1.29 is 26.7 Å². The molecule has 0 saturated carbocycles. The van der Waals surface area contributed by atoms with E-state index in [0.717, 1.165) is 17.1 Å². The lowest BCUT2D eigenvalue weighted by atomic mass is 10.2. The van der Waals surface area contributed by atoms with Crippen LogP contribution in [0, 0.1) is 0 Å². The minimum absolute atomic E-state index is 0.00472. The van der Waals surface area contributed by atoms with E-state index in [2.05, 4.69) is 10.1 Å². The number of rotatable bonds is 5. The van der Waals surface area contributed by atoms with Crippen molar-refractivity contribution in [1.29, 1.82) is 0 Å². The molecule has 0 fully saturated rings. The van der Waals surface area contributed by atoms with Crippen molar-refractivity contribution in [3.8, 4) is 5.82 Å². The van der Waals surface area contributed by atoms with Gasteiger partial charge in [-0.1, -0.05) is 0 Å². The van der Waals surface area contributed by atoms with Gasteiger partial charge < -0.3 is 10.0 Å². The third-order valence-corrected chi connectivity index (χ3v) is 4.96. The highest BCUT2D eigenvalue weighted by Gasteiger charge is 2.40. The monoisotopic (exact) mass is 392 g/mol. The predicted octanol–water partition coefficient (Wildman–Crippen LogP) is 2.03. The average Bonchev–Trinajstić information content (AvgIpc) is 2.92. The van der Waals surface area contributed by atoms with Gasteiger partial charge in [0.25, 0.3) is 0 Å². The first-order chi connectivity index (χ1) is 11.9. The maximum absolute atomic E-state index is 13.3. The molecule has 2 rings (SSSR count). The normalized spacial score (nSPS) is 12.7. The van der Waals surface area contributed by atoms with Crippen LogP contribution < -0.4 is 4.90 Å². The fourth-order valence-corrected chi connectivity index (χ4v) is 2.86. The molecule has 7 nitrogen and oxygen atoms in total. The molecular formula is C15H19F3N4O3S.